The van der Waals surface area contributed by atoms with Crippen LogP contribution in [0.3, 0.4) is 0 Å². The van der Waals surface area contributed by atoms with Gasteiger partial charge in [0.25, 0.3) is 0 Å². The van der Waals surface area contributed by atoms with E-state index in [4.69, 9.17) is 5.73 Å². The Morgan fingerprint density at radius 1 is 1.41 bits per heavy atom. The fraction of sp³-hybridized carbons (Fsp3) is 0.643. The zero-order valence-corrected chi connectivity index (χ0v) is 10.7. The second kappa shape index (κ2) is 6.01. The molecular weight excluding hydrogens is 210 g/mol. The summed E-state index contributed by atoms with van der Waals surface area (Å²) < 4.78 is 0. The predicted molar refractivity (Wildman–Crippen MR) is 71.6 cm³/mol. The first kappa shape index (κ1) is 12.4. The predicted octanol–water partition coefficient (Wildman–Crippen LogP) is 2.68. The minimum Gasteiger partial charge on any atom is -0.384 e. The van der Waals surface area contributed by atoms with Crippen LogP contribution in [0.1, 0.15) is 38.2 Å². The fourth-order valence-corrected chi connectivity index (χ4v) is 2.64. The average Bonchev–Trinajstić information content (AvgIpc) is 2.54. The highest BCUT2D eigenvalue weighted by Crippen LogP contribution is 2.21. The summed E-state index contributed by atoms with van der Waals surface area (Å²) in [5.41, 5.74) is 6.99. The quantitative estimate of drug-likeness (QED) is 0.872. The molecule has 2 heterocycles. The zero-order valence-electron chi connectivity index (χ0n) is 10.7. The molecule has 0 aliphatic carbocycles. The van der Waals surface area contributed by atoms with Crippen LogP contribution in [0.25, 0.3) is 0 Å². The minimum atomic E-state index is 0.628. The number of likely N-dealkylation sites (tertiary alicyclic amines) is 1. The van der Waals surface area contributed by atoms with Gasteiger partial charge in [-0.1, -0.05) is 13.3 Å². The molecule has 3 heteroatoms. The van der Waals surface area contributed by atoms with Crippen molar-refractivity contribution in [1.82, 2.24) is 9.88 Å². The number of anilines is 1. The maximum absolute atomic E-state index is 5.71. The van der Waals surface area contributed by atoms with Crippen molar-refractivity contribution in [1.29, 1.82) is 0 Å². The van der Waals surface area contributed by atoms with Crippen LogP contribution in [0.15, 0.2) is 18.3 Å². The first-order chi connectivity index (χ1) is 8.28. The van der Waals surface area contributed by atoms with E-state index in [-0.39, 0.29) is 0 Å². The van der Waals surface area contributed by atoms with Gasteiger partial charge in [0.15, 0.2) is 0 Å². The standard InChI is InChI=1S/C14H23N3/c1-2-12-4-3-8-17(9-6-12)11-13-5-7-16-14(15)10-13/h5,7,10,12H,2-4,6,8-9,11H2,1H3,(H2,15,16). The molecule has 1 aromatic rings. The van der Waals surface area contributed by atoms with Gasteiger partial charge < -0.3 is 5.73 Å². The fourth-order valence-electron chi connectivity index (χ4n) is 2.64. The number of nitrogens with two attached hydrogens (primary N) is 1. The lowest BCUT2D eigenvalue weighted by Gasteiger charge is -2.20. The Morgan fingerprint density at radius 2 is 2.29 bits per heavy atom. The van der Waals surface area contributed by atoms with Crippen molar-refractivity contribution in [3.8, 4) is 0 Å². The molecule has 0 spiro atoms. The molecule has 1 saturated heterocycles. The molecule has 1 aliphatic heterocycles. The van der Waals surface area contributed by atoms with Crippen LogP contribution in [0.2, 0.25) is 0 Å². The molecule has 1 aliphatic rings. The molecule has 0 saturated carbocycles. The summed E-state index contributed by atoms with van der Waals surface area (Å²) in [6.45, 7) is 5.77. The number of hydrogen-bond acceptors (Lipinski definition) is 3. The SMILES string of the molecule is CCC1CCCN(Cc2ccnc(N)c2)CC1. The Morgan fingerprint density at radius 3 is 3.06 bits per heavy atom. The molecule has 94 valence electrons. The molecule has 17 heavy (non-hydrogen) atoms. The van der Waals surface area contributed by atoms with Crippen molar-refractivity contribution in [3.05, 3.63) is 23.9 Å². The first-order valence-electron chi connectivity index (χ1n) is 6.70. The largest absolute Gasteiger partial charge is 0.384 e. The van der Waals surface area contributed by atoms with E-state index >= 15 is 0 Å². The van der Waals surface area contributed by atoms with Gasteiger partial charge in [-0.05, 0) is 56.0 Å². The van der Waals surface area contributed by atoms with Gasteiger partial charge in [0.05, 0.1) is 0 Å². The van der Waals surface area contributed by atoms with Gasteiger partial charge in [0.2, 0.25) is 0 Å². The van der Waals surface area contributed by atoms with Crippen LogP contribution < -0.4 is 5.73 Å². The molecule has 3 nitrogen and oxygen atoms in total. The molecule has 2 N–H and O–H groups in total. The van der Waals surface area contributed by atoms with Crippen LogP contribution in [-0.2, 0) is 6.54 Å². The van der Waals surface area contributed by atoms with Gasteiger partial charge >= 0.3 is 0 Å². The molecule has 1 atom stereocenters. The highest BCUT2D eigenvalue weighted by Gasteiger charge is 2.15. The second-order valence-electron chi connectivity index (χ2n) is 5.07. The molecule has 2 rings (SSSR count). The van der Waals surface area contributed by atoms with Crippen LogP contribution in [0, 0.1) is 5.92 Å². The van der Waals surface area contributed by atoms with Crippen molar-refractivity contribution >= 4 is 5.82 Å². The van der Waals surface area contributed by atoms with Crippen LogP contribution >= 0.6 is 0 Å². The van der Waals surface area contributed by atoms with E-state index in [1.165, 1.54) is 44.3 Å². The third kappa shape index (κ3) is 3.70. The Hall–Kier alpha value is -1.09. The van der Waals surface area contributed by atoms with Gasteiger partial charge in [0.1, 0.15) is 5.82 Å². The number of aromatic nitrogens is 1. The van der Waals surface area contributed by atoms with E-state index < -0.39 is 0 Å². The minimum absolute atomic E-state index is 0.628. The lowest BCUT2D eigenvalue weighted by atomic mass is 9.98. The van der Waals surface area contributed by atoms with E-state index in [0.717, 1.165) is 12.5 Å². The van der Waals surface area contributed by atoms with Gasteiger partial charge in [-0.15, -0.1) is 0 Å². The van der Waals surface area contributed by atoms with E-state index in [1.807, 2.05) is 6.07 Å². The van der Waals surface area contributed by atoms with Crippen molar-refractivity contribution in [2.75, 3.05) is 18.8 Å². The molecule has 0 bridgehead atoms. The summed E-state index contributed by atoms with van der Waals surface area (Å²) in [5.74, 6) is 1.56. The number of rotatable bonds is 3. The van der Waals surface area contributed by atoms with Crippen molar-refractivity contribution in [2.45, 2.75) is 39.2 Å². The summed E-state index contributed by atoms with van der Waals surface area (Å²) in [4.78, 5) is 6.58. The highest BCUT2D eigenvalue weighted by molar-refractivity contribution is 5.31. The van der Waals surface area contributed by atoms with Crippen LogP contribution in [0.4, 0.5) is 5.82 Å². The van der Waals surface area contributed by atoms with Gasteiger partial charge in [0, 0.05) is 12.7 Å². The topological polar surface area (TPSA) is 42.2 Å². The number of nitrogens with zero attached hydrogens (tertiary/aromatic N) is 2. The summed E-state index contributed by atoms with van der Waals surface area (Å²) in [6.07, 6.45) is 7.20. The van der Waals surface area contributed by atoms with Gasteiger partial charge in [-0.25, -0.2) is 4.98 Å². The van der Waals surface area contributed by atoms with E-state index in [0.29, 0.717) is 5.82 Å². The molecule has 0 amide bonds. The smallest absolute Gasteiger partial charge is 0.123 e. The monoisotopic (exact) mass is 233 g/mol. The molecule has 1 fully saturated rings. The number of nitrogen functional groups attached to an aromatic ring is 1. The maximum Gasteiger partial charge on any atom is 0.123 e. The van der Waals surface area contributed by atoms with E-state index in [1.54, 1.807) is 6.20 Å². The molecular formula is C14H23N3. The maximum atomic E-state index is 5.71. The molecule has 0 aromatic carbocycles. The normalized spacial score (nSPS) is 22.3. The molecule has 1 unspecified atom stereocenters. The van der Waals surface area contributed by atoms with Crippen molar-refractivity contribution in [3.63, 3.8) is 0 Å². The summed E-state index contributed by atoms with van der Waals surface area (Å²) >= 11 is 0. The third-order valence-electron chi connectivity index (χ3n) is 3.77. The van der Waals surface area contributed by atoms with Crippen LogP contribution in [0.5, 0.6) is 0 Å². The zero-order chi connectivity index (χ0) is 12.1. The van der Waals surface area contributed by atoms with Crippen molar-refractivity contribution in [2.24, 2.45) is 5.92 Å². The summed E-state index contributed by atoms with van der Waals surface area (Å²) in [6, 6.07) is 4.06. The average molecular weight is 233 g/mol. The number of hydrogen-bond donors (Lipinski definition) is 1. The lowest BCUT2D eigenvalue weighted by molar-refractivity contribution is 0.272. The highest BCUT2D eigenvalue weighted by atomic mass is 15.1. The third-order valence-corrected chi connectivity index (χ3v) is 3.77. The Balaban J connectivity index is 1.90. The summed E-state index contributed by atoms with van der Waals surface area (Å²) in [5, 5.41) is 0. The Bertz CT molecular complexity index is 351. The van der Waals surface area contributed by atoms with Crippen molar-refractivity contribution < 1.29 is 0 Å². The second-order valence-corrected chi connectivity index (χ2v) is 5.07. The summed E-state index contributed by atoms with van der Waals surface area (Å²) in [7, 11) is 0. The van der Waals surface area contributed by atoms with E-state index in [2.05, 4.69) is 22.9 Å². The number of pyridine rings is 1. The molecule has 0 radical (unpaired) electrons. The first-order valence-corrected chi connectivity index (χ1v) is 6.70. The molecule has 1 aromatic heterocycles. The Kier molecular flexibility index (Phi) is 4.37. The van der Waals surface area contributed by atoms with Gasteiger partial charge in [-0.2, -0.15) is 0 Å². The Labute approximate surface area is 104 Å². The van der Waals surface area contributed by atoms with Crippen LogP contribution in [-0.4, -0.2) is 23.0 Å². The van der Waals surface area contributed by atoms with Gasteiger partial charge in [-0.3, -0.25) is 4.90 Å². The lowest BCUT2D eigenvalue weighted by Crippen LogP contribution is -2.24. The van der Waals surface area contributed by atoms with E-state index in [9.17, 15) is 0 Å².